The minimum Gasteiger partial charge on any atom is -0.293 e. The van der Waals surface area contributed by atoms with E-state index in [2.05, 4.69) is 32.3 Å². The van der Waals surface area contributed by atoms with Crippen molar-refractivity contribution in [2.75, 3.05) is 7.05 Å². The molecule has 0 rings (SSSR count). The maximum Gasteiger partial charge on any atom is 0.0373 e. The number of hydrogen-bond acceptors (Lipinski definition) is 1. The highest BCUT2D eigenvalue weighted by Gasteiger charge is 2.01. The monoisotopic (exact) mass is 165 g/mol. The summed E-state index contributed by atoms with van der Waals surface area (Å²) in [6.45, 7) is 10.2. The van der Waals surface area contributed by atoms with Crippen LogP contribution in [0.4, 0.5) is 0 Å². The topological polar surface area (TPSA) is 12.4 Å². The fourth-order valence-corrected chi connectivity index (χ4v) is 1.34. The van der Waals surface area contributed by atoms with Crippen LogP contribution >= 0.6 is 0 Å². The van der Waals surface area contributed by atoms with Gasteiger partial charge in [-0.05, 0) is 30.9 Å². The van der Waals surface area contributed by atoms with Gasteiger partial charge in [-0.1, -0.05) is 26.5 Å². The van der Waals surface area contributed by atoms with Crippen LogP contribution in [0.2, 0.25) is 0 Å². The second-order valence-corrected chi connectivity index (χ2v) is 2.73. The van der Waals surface area contributed by atoms with Gasteiger partial charge in [0.1, 0.15) is 0 Å². The molecular formula is C11H19N. The van der Waals surface area contributed by atoms with Crippen molar-refractivity contribution in [2.24, 2.45) is 4.99 Å². The van der Waals surface area contributed by atoms with Crippen molar-refractivity contribution in [1.29, 1.82) is 0 Å². The molecule has 0 saturated carbocycles. The number of allylic oxidation sites excluding steroid dienone is 3. The van der Waals surface area contributed by atoms with E-state index in [-0.39, 0.29) is 0 Å². The molecule has 0 aromatic heterocycles. The molecule has 1 nitrogen and oxygen atoms in total. The second-order valence-electron chi connectivity index (χ2n) is 2.73. The average molecular weight is 165 g/mol. The molecular weight excluding hydrogens is 146 g/mol. The summed E-state index contributed by atoms with van der Waals surface area (Å²) in [6.07, 6.45) is 3.96. The number of rotatable bonds is 4. The predicted octanol–water partition coefficient (Wildman–Crippen LogP) is 3.38. The third-order valence-corrected chi connectivity index (χ3v) is 2.15. The molecule has 0 bridgehead atoms. The van der Waals surface area contributed by atoms with Crippen LogP contribution in [0.15, 0.2) is 28.8 Å². The molecule has 1 heteroatoms. The number of aliphatic imine (C=N–C) groups is 1. The molecule has 0 radical (unpaired) electrons. The smallest absolute Gasteiger partial charge is 0.0373 e. The Labute approximate surface area is 75.9 Å². The minimum atomic E-state index is 1.000. The molecule has 0 atom stereocenters. The van der Waals surface area contributed by atoms with Crippen LogP contribution in [0.5, 0.6) is 0 Å². The molecule has 0 aromatic rings. The van der Waals surface area contributed by atoms with Gasteiger partial charge in [-0.2, -0.15) is 0 Å². The Morgan fingerprint density at radius 2 is 1.92 bits per heavy atom. The van der Waals surface area contributed by atoms with Gasteiger partial charge in [0.25, 0.3) is 0 Å². The summed E-state index contributed by atoms with van der Waals surface area (Å²) in [6, 6.07) is 0. The SMILES string of the molecule is C=C/C(CC)=C(/C)C(CC)=NC. The van der Waals surface area contributed by atoms with E-state index in [0.29, 0.717) is 0 Å². The lowest BCUT2D eigenvalue weighted by molar-refractivity contribution is 1.11. The van der Waals surface area contributed by atoms with Gasteiger partial charge >= 0.3 is 0 Å². The lowest BCUT2D eigenvalue weighted by Crippen LogP contribution is -2.00. The third-order valence-electron chi connectivity index (χ3n) is 2.15. The first-order chi connectivity index (χ1) is 5.71. The van der Waals surface area contributed by atoms with Gasteiger partial charge in [0.15, 0.2) is 0 Å². The predicted molar refractivity (Wildman–Crippen MR) is 56.8 cm³/mol. The van der Waals surface area contributed by atoms with Crippen molar-refractivity contribution in [3.8, 4) is 0 Å². The highest BCUT2D eigenvalue weighted by molar-refractivity contribution is 6.00. The van der Waals surface area contributed by atoms with Crippen molar-refractivity contribution >= 4 is 5.71 Å². The van der Waals surface area contributed by atoms with E-state index in [1.807, 2.05) is 13.1 Å². The molecule has 12 heavy (non-hydrogen) atoms. The summed E-state index contributed by atoms with van der Waals surface area (Å²) in [5.74, 6) is 0. The molecule has 0 heterocycles. The Bertz CT molecular complexity index is 209. The van der Waals surface area contributed by atoms with Gasteiger partial charge in [-0.25, -0.2) is 0 Å². The molecule has 0 aliphatic carbocycles. The van der Waals surface area contributed by atoms with Crippen LogP contribution in [0.3, 0.4) is 0 Å². The lowest BCUT2D eigenvalue weighted by Gasteiger charge is -2.07. The van der Waals surface area contributed by atoms with Crippen LogP contribution in [-0.4, -0.2) is 12.8 Å². The molecule has 0 saturated heterocycles. The maximum atomic E-state index is 4.23. The highest BCUT2D eigenvalue weighted by Crippen LogP contribution is 2.12. The van der Waals surface area contributed by atoms with Crippen LogP contribution in [0.1, 0.15) is 33.6 Å². The normalized spacial score (nSPS) is 14.2. The fraction of sp³-hybridized carbons (Fsp3) is 0.545. The van der Waals surface area contributed by atoms with Gasteiger partial charge in [-0.15, -0.1) is 0 Å². The maximum absolute atomic E-state index is 4.23. The Hall–Kier alpha value is -0.850. The van der Waals surface area contributed by atoms with Gasteiger partial charge in [0, 0.05) is 12.8 Å². The summed E-state index contributed by atoms with van der Waals surface area (Å²) in [4.78, 5) is 4.23. The van der Waals surface area contributed by atoms with E-state index in [4.69, 9.17) is 0 Å². The van der Waals surface area contributed by atoms with Crippen LogP contribution in [0, 0.1) is 0 Å². The van der Waals surface area contributed by atoms with E-state index >= 15 is 0 Å². The summed E-state index contributed by atoms with van der Waals surface area (Å²) in [5.41, 5.74) is 3.78. The zero-order valence-electron chi connectivity index (χ0n) is 8.65. The van der Waals surface area contributed by atoms with Crippen molar-refractivity contribution in [3.63, 3.8) is 0 Å². The molecule has 0 unspecified atom stereocenters. The van der Waals surface area contributed by atoms with Crippen molar-refractivity contribution in [2.45, 2.75) is 33.6 Å². The number of hydrogen-bond donors (Lipinski definition) is 0. The van der Waals surface area contributed by atoms with E-state index in [1.54, 1.807) is 0 Å². The van der Waals surface area contributed by atoms with Gasteiger partial charge in [0.2, 0.25) is 0 Å². The molecule has 0 aromatic carbocycles. The molecule has 0 fully saturated rings. The summed E-state index contributed by atoms with van der Waals surface area (Å²) < 4.78 is 0. The second kappa shape index (κ2) is 5.76. The molecule has 0 spiro atoms. The third kappa shape index (κ3) is 2.65. The van der Waals surface area contributed by atoms with E-state index in [0.717, 1.165) is 12.8 Å². The van der Waals surface area contributed by atoms with Crippen molar-refractivity contribution in [3.05, 3.63) is 23.8 Å². The Balaban J connectivity index is 4.84. The Morgan fingerprint density at radius 1 is 1.33 bits per heavy atom. The van der Waals surface area contributed by atoms with Crippen LogP contribution in [-0.2, 0) is 0 Å². The molecule has 0 N–H and O–H groups in total. The lowest BCUT2D eigenvalue weighted by atomic mass is 10.0. The van der Waals surface area contributed by atoms with Gasteiger partial charge in [0.05, 0.1) is 0 Å². The number of nitrogens with zero attached hydrogens (tertiary/aromatic N) is 1. The van der Waals surface area contributed by atoms with Crippen molar-refractivity contribution in [1.82, 2.24) is 0 Å². The van der Waals surface area contributed by atoms with Crippen molar-refractivity contribution < 1.29 is 0 Å². The zero-order valence-corrected chi connectivity index (χ0v) is 8.65. The van der Waals surface area contributed by atoms with Gasteiger partial charge in [-0.3, -0.25) is 4.99 Å². The van der Waals surface area contributed by atoms with Gasteiger partial charge < -0.3 is 0 Å². The van der Waals surface area contributed by atoms with E-state index < -0.39 is 0 Å². The zero-order chi connectivity index (χ0) is 9.56. The summed E-state index contributed by atoms with van der Waals surface area (Å²) in [7, 11) is 1.85. The first-order valence-corrected chi connectivity index (χ1v) is 4.49. The molecule has 0 amide bonds. The minimum absolute atomic E-state index is 1.000. The molecule has 68 valence electrons. The fourth-order valence-electron chi connectivity index (χ4n) is 1.34. The first kappa shape index (κ1) is 11.2. The standard InChI is InChI=1S/C11H19N/c1-6-10(7-2)9(4)11(8-3)12-5/h6H,1,7-8H2,2-5H3/b10-9+,12-11?. The van der Waals surface area contributed by atoms with Crippen LogP contribution < -0.4 is 0 Å². The molecule has 0 aliphatic rings. The Kier molecular flexibility index (Phi) is 5.35. The quantitative estimate of drug-likeness (QED) is 0.447. The first-order valence-electron chi connectivity index (χ1n) is 4.49. The Morgan fingerprint density at radius 3 is 2.17 bits per heavy atom. The highest BCUT2D eigenvalue weighted by atomic mass is 14.7. The van der Waals surface area contributed by atoms with E-state index in [1.165, 1.54) is 16.9 Å². The van der Waals surface area contributed by atoms with Crippen LogP contribution in [0.25, 0.3) is 0 Å². The summed E-state index contributed by atoms with van der Waals surface area (Å²) >= 11 is 0. The largest absolute Gasteiger partial charge is 0.293 e. The average Bonchev–Trinajstić information content (AvgIpc) is 2.09. The van der Waals surface area contributed by atoms with E-state index in [9.17, 15) is 0 Å². The summed E-state index contributed by atoms with van der Waals surface area (Å²) in [5, 5.41) is 0. The molecule has 0 aliphatic heterocycles.